The molecule has 178 valence electrons. The molecule has 0 N–H and O–H groups in total. The minimum Gasteiger partial charge on any atom is -0.494 e. The van der Waals surface area contributed by atoms with E-state index in [1.165, 1.54) is 18.2 Å². The Balaban J connectivity index is 1.76. The van der Waals surface area contributed by atoms with Gasteiger partial charge in [0.1, 0.15) is 17.1 Å². The number of fused-ring (bicyclic) bond motifs is 2. The van der Waals surface area contributed by atoms with Crippen LogP contribution in [0.1, 0.15) is 40.2 Å². The summed E-state index contributed by atoms with van der Waals surface area (Å²) in [6.07, 6.45) is -4.64. The van der Waals surface area contributed by atoms with Gasteiger partial charge in [0, 0.05) is 5.69 Å². The van der Waals surface area contributed by atoms with Crippen LogP contribution in [0.25, 0.3) is 11.0 Å². The molecule has 4 aromatic rings. The van der Waals surface area contributed by atoms with E-state index in [4.69, 9.17) is 9.15 Å². The third-order valence-electron chi connectivity index (χ3n) is 5.79. The molecule has 0 aliphatic carbocycles. The van der Waals surface area contributed by atoms with Crippen molar-refractivity contribution in [3.8, 4) is 5.75 Å². The molecule has 0 spiro atoms. The van der Waals surface area contributed by atoms with Crippen LogP contribution in [0.15, 0.2) is 75.9 Å². The summed E-state index contributed by atoms with van der Waals surface area (Å²) < 4.78 is 65.3. The van der Waals surface area contributed by atoms with E-state index >= 15 is 0 Å². The number of carbonyl (C=O) groups is 1. The van der Waals surface area contributed by atoms with Crippen LogP contribution in [0, 0.1) is 5.82 Å². The first-order valence-corrected chi connectivity index (χ1v) is 10.7. The number of amides is 1. The van der Waals surface area contributed by atoms with Crippen LogP contribution >= 0.6 is 0 Å². The Labute approximate surface area is 196 Å². The third kappa shape index (κ3) is 3.82. The third-order valence-corrected chi connectivity index (χ3v) is 5.79. The molecule has 0 saturated heterocycles. The average Bonchev–Trinajstić information content (AvgIpc) is 3.12. The fourth-order valence-electron chi connectivity index (χ4n) is 4.27. The zero-order valence-electron chi connectivity index (χ0n) is 18.2. The number of rotatable bonds is 4. The van der Waals surface area contributed by atoms with Crippen LogP contribution < -0.4 is 15.1 Å². The molecule has 0 fully saturated rings. The van der Waals surface area contributed by atoms with E-state index in [0.717, 1.165) is 29.2 Å². The van der Waals surface area contributed by atoms with E-state index in [2.05, 4.69) is 0 Å². The average molecular weight is 483 g/mol. The number of halogens is 4. The summed E-state index contributed by atoms with van der Waals surface area (Å²) in [4.78, 5) is 28.0. The first kappa shape index (κ1) is 22.6. The molecule has 3 aromatic carbocycles. The van der Waals surface area contributed by atoms with E-state index < -0.39 is 34.9 Å². The molecule has 1 aliphatic rings. The molecule has 0 radical (unpaired) electrons. The van der Waals surface area contributed by atoms with Gasteiger partial charge >= 0.3 is 6.18 Å². The van der Waals surface area contributed by atoms with E-state index in [1.54, 1.807) is 24.3 Å². The molecule has 5 nitrogen and oxygen atoms in total. The predicted octanol–water partition coefficient (Wildman–Crippen LogP) is 6.10. The van der Waals surface area contributed by atoms with Crippen molar-refractivity contribution in [2.75, 3.05) is 11.5 Å². The van der Waals surface area contributed by atoms with Crippen molar-refractivity contribution in [3.05, 3.63) is 105 Å². The Morgan fingerprint density at radius 1 is 1.00 bits per heavy atom. The molecule has 1 aliphatic heterocycles. The second-order valence-corrected chi connectivity index (χ2v) is 7.94. The highest BCUT2D eigenvalue weighted by Crippen LogP contribution is 2.43. The van der Waals surface area contributed by atoms with E-state index in [0.29, 0.717) is 17.9 Å². The Morgan fingerprint density at radius 2 is 1.74 bits per heavy atom. The van der Waals surface area contributed by atoms with Crippen LogP contribution in [-0.2, 0) is 6.18 Å². The van der Waals surface area contributed by atoms with Gasteiger partial charge in [-0.15, -0.1) is 0 Å². The first-order chi connectivity index (χ1) is 16.7. The fourth-order valence-corrected chi connectivity index (χ4v) is 4.27. The van der Waals surface area contributed by atoms with E-state index in [9.17, 15) is 27.2 Å². The molecule has 1 amide bonds. The minimum absolute atomic E-state index is 0.000152. The van der Waals surface area contributed by atoms with Crippen molar-refractivity contribution in [1.29, 1.82) is 0 Å². The van der Waals surface area contributed by atoms with Gasteiger partial charge < -0.3 is 9.15 Å². The second kappa shape index (κ2) is 8.26. The maximum atomic E-state index is 13.9. The van der Waals surface area contributed by atoms with Crippen molar-refractivity contribution in [1.82, 2.24) is 0 Å². The Morgan fingerprint density at radius 3 is 2.43 bits per heavy atom. The fraction of sp³-hybridized carbons (Fsp3) is 0.154. The predicted molar refractivity (Wildman–Crippen MR) is 120 cm³/mol. The van der Waals surface area contributed by atoms with Crippen molar-refractivity contribution in [3.63, 3.8) is 0 Å². The molecule has 1 aromatic heterocycles. The molecule has 1 atom stereocenters. The number of carbonyl (C=O) groups excluding carboxylic acids is 1. The molecule has 9 heteroatoms. The lowest BCUT2D eigenvalue weighted by Crippen LogP contribution is -2.29. The topological polar surface area (TPSA) is 59.8 Å². The van der Waals surface area contributed by atoms with Gasteiger partial charge in [-0.2, -0.15) is 13.2 Å². The van der Waals surface area contributed by atoms with Crippen LogP contribution in [-0.4, -0.2) is 12.5 Å². The lowest BCUT2D eigenvalue weighted by molar-refractivity contribution is -0.137. The summed E-state index contributed by atoms with van der Waals surface area (Å²) in [6, 6.07) is 13.0. The summed E-state index contributed by atoms with van der Waals surface area (Å²) in [5.41, 5.74) is -1.28. The van der Waals surface area contributed by atoms with Crippen LogP contribution in [0.4, 0.5) is 23.2 Å². The number of ether oxygens (including phenoxy) is 1. The Kier molecular flexibility index (Phi) is 5.35. The van der Waals surface area contributed by atoms with Crippen molar-refractivity contribution >= 4 is 22.6 Å². The summed E-state index contributed by atoms with van der Waals surface area (Å²) in [5.74, 6) is -1.20. The number of hydrogen-bond acceptors (Lipinski definition) is 4. The zero-order valence-corrected chi connectivity index (χ0v) is 18.2. The molecular formula is C26H17F4NO4. The van der Waals surface area contributed by atoms with Crippen molar-refractivity contribution in [2.24, 2.45) is 0 Å². The SMILES string of the molecule is CCOc1ccc(C2c3c(oc4ccc(F)cc4c3=O)C(=O)N2c2cccc(C(F)(F)F)c2)cc1. The van der Waals surface area contributed by atoms with Crippen molar-refractivity contribution < 1.29 is 31.5 Å². The highest BCUT2D eigenvalue weighted by atomic mass is 19.4. The lowest BCUT2D eigenvalue weighted by atomic mass is 9.98. The number of nitrogens with zero attached hydrogens (tertiary/aromatic N) is 1. The Hall–Kier alpha value is -4.14. The monoisotopic (exact) mass is 483 g/mol. The van der Waals surface area contributed by atoms with E-state index in [-0.39, 0.29) is 28.0 Å². The highest BCUT2D eigenvalue weighted by Gasteiger charge is 2.44. The van der Waals surface area contributed by atoms with Gasteiger partial charge in [-0.05, 0) is 61.0 Å². The largest absolute Gasteiger partial charge is 0.494 e. The van der Waals surface area contributed by atoms with Gasteiger partial charge in [0.05, 0.1) is 29.2 Å². The normalized spacial score (nSPS) is 15.5. The van der Waals surface area contributed by atoms with Crippen molar-refractivity contribution in [2.45, 2.75) is 19.1 Å². The Bertz CT molecular complexity index is 1510. The van der Waals surface area contributed by atoms with Gasteiger partial charge in [-0.1, -0.05) is 18.2 Å². The number of hydrogen-bond donors (Lipinski definition) is 0. The molecule has 0 saturated carbocycles. The standard InChI is InChI=1S/C26H17F4NO4/c1-2-34-18-9-6-14(7-10-18)22-21-23(32)19-13-16(27)8-11-20(19)35-24(21)25(33)31(22)17-5-3-4-15(12-17)26(28,29)30/h3-13,22H,2H2,1H3. The van der Waals surface area contributed by atoms with Crippen LogP contribution in [0.3, 0.4) is 0 Å². The second-order valence-electron chi connectivity index (χ2n) is 7.94. The van der Waals surface area contributed by atoms with Gasteiger partial charge in [0.25, 0.3) is 5.91 Å². The maximum absolute atomic E-state index is 13.9. The molecule has 1 unspecified atom stereocenters. The summed E-state index contributed by atoms with van der Waals surface area (Å²) in [5, 5.41) is -0.0709. The molecule has 0 bridgehead atoms. The zero-order chi connectivity index (χ0) is 24.9. The summed E-state index contributed by atoms with van der Waals surface area (Å²) in [6.45, 7) is 2.23. The quantitative estimate of drug-likeness (QED) is 0.329. The van der Waals surface area contributed by atoms with Gasteiger partial charge in [0.2, 0.25) is 5.76 Å². The van der Waals surface area contributed by atoms with Gasteiger partial charge in [-0.3, -0.25) is 14.5 Å². The number of alkyl halides is 3. The number of anilines is 1. The first-order valence-electron chi connectivity index (χ1n) is 10.7. The van der Waals surface area contributed by atoms with Crippen LogP contribution in [0.5, 0.6) is 5.75 Å². The molecular weight excluding hydrogens is 466 g/mol. The van der Waals surface area contributed by atoms with Gasteiger partial charge in [-0.25, -0.2) is 4.39 Å². The maximum Gasteiger partial charge on any atom is 0.416 e. The smallest absolute Gasteiger partial charge is 0.416 e. The highest BCUT2D eigenvalue weighted by molar-refractivity contribution is 6.10. The lowest BCUT2D eigenvalue weighted by Gasteiger charge is -2.26. The summed E-state index contributed by atoms with van der Waals surface area (Å²) >= 11 is 0. The summed E-state index contributed by atoms with van der Waals surface area (Å²) in [7, 11) is 0. The van der Waals surface area contributed by atoms with E-state index in [1.807, 2.05) is 6.92 Å². The molecule has 2 heterocycles. The number of benzene rings is 3. The molecule has 35 heavy (non-hydrogen) atoms. The van der Waals surface area contributed by atoms with Gasteiger partial charge in [0.15, 0.2) is 5.43 Å². The molecule has 5 rings (SSSR count). The minimum atomic E-state index is -4.64. The van der Waals surface area contributed by atoms with Crippen LogP contribution in [0.2, 0.25) is 0 Å².